The molecule has 0 aromatic rings. The van der Waals surface area contributed by atoms with Crippen LogP contribution in [0, 0.1) is 0 Å². The molecule has 2 saturated heterocycles. The van der Waals surface area contributed by atoms with Crippen molar-refractivity contribution in [2.24, 2.45) is 0 Å². The van der Waals surface area contributed by atoms with E-state index in [2.05, 4.69) is 73.0 Å². The minimum atomic E-state index is -1.76. The first-order valence-corrected chi connectivity index (χ1v) is 17.1. The summed E-state index contributed by atoms with van der Waals surface area (Å²) in [4.78, 5) is 12.2. The van der Waals surface area contributed by atoms with Crippen LogP contribution in [0.15, 0.2) is 72.9 Å². The second kappa shape index (κ2) is 25.4. The third-order valence-corrected chi connectivity index (χ3v) is 7.81. The van der Waals surface area contributed by atoms with Crippen molar-refractivity contribution in [2.45, 2.75) is 120 Å². The van der Waals surface area contributed by atoms with Crippen molar-refractivity contribution in [3.05, 3.63) is 72.9 Å². The van der Waals surface area contributed by atoms with Gasteiger partial charge in [-0.25, -0.2) is 0 Å². The predicted molar refractivity (Wildman–Crippen MR) is 183 cm³/mol. The highest BCUT2D eigenvalue weighted by Gasteiger charge is 2.50. The molecule has 2 heterocycles. The van der Waals surface area contributed by atoms with Gasteiger partial charge in [-0.3, -0.25) is 4.79 Å². The molecule has 0 aliphatic carbocycles. The molecule has 0 aromatic carbocycles. The highest BCUT2D eigenvalue weighted by molar-refractivity contribution is 5.75. The fourth-order valence-electron chi connectivity index (χ4n) is 4.98. The second-order valence-electron chi connectivity index (χ2n) is 11.7. The van der Waals surface area contributed by atoms with Crippen LogP contribution in [0.2, 0.25) is 0 Å². The topological polar surface area (TPSA) is 208 Å². The normalized spacial score (nSPS) is 31.4. The zero-order valence-corrected chi connectivity index (χ0v) is 28.4. The van der Waals surface area contributed by atoms with E-state index in [1.807, 2.05) is 12.2 Å². The average molecular weight is 696 g/mol. The fraction of sp³-hybridized carbons (Fsp3) is 0.639. The molecule has 2 aliphatic heterocycles. The third-order valence-electron chi connectivity index (χ3n) is 7.81. The number of nitrogens with one attached hydrogen (secondary N) is 1. The van der Waals surface area contributed by atoms with E-state index in [1.54, 1.807) is 0 Å². The molecule has 2 rings (SSSR count). The Kier molecular flexibility index (Phi) is 22.1. The Morgan fingerprint density at radius 1 is 0.633 bits per heavy atom. The maximum absolute atomic E-state index is 12.2. The first-order valence-electron chi connectivity index (χ1n) is 17.1. The average Bonchev–Trinajstić information content (AvgIpc) is 3.10. The number of carbonyl (C=O) groups is 1. The Hall–Kier alpha value is -2.53. The minimum absolute atomic E-state index is 0.0810. The molecule has 0 saturated carbocycles. The molecule has 278 valence electrons. The van der Waals surface area contributed by atoms with Gasteiger partial charge in [-0.1, -0.05) is 79.8 Å². The Balaban J connectivity index is 1.65. The maximum Gasteiger partial charge on any atom is 0.220 e. The highest BCUT2D eigenvalue weighted by Crippen LogP contribution is 2.29. The molecule has 13 nitrogen and oxygen atoms in total. The lowest BCUT2D eigenvalue weighted by atomic mass is 9.97. The molecule has 0 bridgehead atoms. The summed E-state index contributed by atoms with van der Waals surface area (Å²) in [6.07, 6.45) is 16.5. The van der Waals surface area contributed by atoms with Gasteiger partial charge in [0.2, 0.25) is 5.91 Å². The van der Waals surface area contributed by atoms with Gasteiger partial charge in [-0.2, -0.15) is 0 Å². The van der Waals surface area contributed by atoms with Crippen LogP contribution in [-0.2, 0) is 23.7 Å². The van der Waals surface area contributed by atoms with E-state index < -0.39 is 74.6 Å². The number of allylic oxidation sites excluding steroid dienone is 12. The number of carbonyl (C=O) groups excluding carboxylic acids is 1. The number of rotatable bonds is 22. The molecule has 0 unspecified atom stereocenters. The summed E-state index contributed by atoms with van der Waals surface area (Å²) in [6.45, 7) is 0.785. The fourth-order valence-corrected chi connectivity index (χ4v) is 4.98. The Labute approximate surface area is 289 Å². The molecule has 1 amide bonds. The summed E-state index contributed by atoms with van der Waals surface area (Å²) < 4.78 is 22.1. The smallest absolute Gasteiger partial charge is 0.220 e. The van der Waals surface area contributed by atoms with E-state index in [0.29, 0.717) is 6.42 Å². The molecule has 0 radical (unpaired) electrons. The van der Waals surface area contributed by atoms with Crippen molar-refractivity contribution in [2.75, 3.05) is 26.4 Å². The van der Waals surface area contributed by atoms with E-state index in [4.69, 9.17) is 18.9 Å². The van der Waals surface area contributed by atoms with Crippen LogP contribution in [0.4, 0.5) is 0 Å². The molecule has 8 N–H and O–H groups in total. The van der Waals surface area contributed by atoms with Gasteiger partial charge in [0.1, 0.15) is 48.8 Å². The van der Waals surface area contributed by atoms with Crippen LogP contribution in [0.1, 0.15) is 58.3 Å². The first kappa shape index (κ1) is 42.6. The first-order chi connectivity index (χ1) is 23.7. The van der Waals surface area contributed by atoms with E-state index in [1.165, 1.54) is 0 Å². The molecule has 0 spiro atoms. The lowest BCUT2D eigenvalue weighted by molar-refractivity contribution is -0.367. The third kappa shape index (κ3) is 15.9. The van der Waals surface area contributed by atoms with Gasteiger partial charge < -0.3 is 60.0 Å². The SMILES string of the molecule is CC/C=C\C/C=C\C/C=C\C/C=C\C/C=C\C/C=C\CCC(=O)NCCO[C@@H]1O[C@H](CO)[C@@H](O)[C@H](O)[C@H]1O[C@@H]1O[C@H](CO)[C@@H](O)[C@H](O)[C@H]1O. The van der Waals surface area contributed by atoms with Crippen LogP contribution >= 0.6 is 0 Å². The van der Waals surface area contributed by atoms with Crippen molar-refractivity contribution in [1.29, 1.82) is 0 Å². The van der Waals surface area contributed by atoms with Crippen molar-refractivity contribution < 1.29 is 59.5 Å². The highest BCUT2D eigenvalue weighted by atomic mass is 16.8. The maximum atomic E-state index is 12.2. The monoisotopic (exact) mass is 695 g/mol. The van der Waals surface area contributed by atoms with Crippen molar-refractivity contribution in [1.82, 2.24) is 5.32 Å². The van der Waals surface area contributed by atoms with Crippen LogP contribution in [0.5, 0.6) is 0 Å². The van der Waals surface area contributed by atoms with Crippen molar-refractivity contribution in [3.63, 3.8) is 0 Å². The van der Waals surface area contributed by atoms with Gasteiger partial charge in [0, 0.05) is 13.0 Å². The van der Waals surface area contributed by atoms with E-state index >= 15 is 0 Å². The van der Waals surface area contributed by atoms with Crippen LogP contribution in [-0.4, -0.2) is 129 Å². The Morgan fingerprint density at radius 2 is 1.10 bits per heavy atom. The van der Waals surface area contributed by atoms with Crippen LogP contribution in [0.3, 0.4) is 0 Å². The van der Waals surface area contributed by atoms with Crippen molar-refractivity contribution in [3.8, 4) is 0 Å². The summed E-state index contributed by atoms with van der Waals surface area (Å²) in [6, 6.07) is 0. The number of hydrogen-bond donors (Lipinski definition) is 8. The Morgan fingerprint density at radius 3 is 1.61 bits per heavy atom. The number of aliphatic hydroxyl groups excluding tert-OH is 7. The van der Waals surface area contributed by atoms with Gasteiger partial charge in [-0.15, -0.1) is 0 Å². The molecule has 49 heavy (non-hydrogen) atoms. The van der Waals surface area contributed by atoms with E-state index in [0.717, 1.165) is 38.5 Å². The number of hydrogen-bond acceptors (Lipinski definition) is 12. The molecule has 0 aromatic heterocycles. The van der Waals surface area contributed by atoms with Gasteiger partial charge in [0.05, 0.1) is 19.8 Å². The molecular weight excluding hydrogens is 638 g/mol. The van der Waals surface area contributed by atoms with Gasteiger partial charge in [0.25, 0.3) is 0 Å². The minimum Gasteiger partial charge on any atom is -0.394 e. The number of amides is 1. The van der Waals surface area contributed by atoms with Gasteiger partial charge in [0.15, 0.2) is 12.6 Å². The standard InChI is InChI=1S/C36H57NO12/c1-2-3-4-5-6-7-8-9-10-11-12-13-14-15-16-17-18-19-20-21-28(40)37-22-23-46-36-34(32(44)30(42)27(25-39)48-36)49-35-33(45)31(43)29(41)26(24-38)47-35/h3-4,6-7,9-10,12-13,15-16,18-19,26-27,29-36,38-39,41-45H,2,5,8,11,14,17,20-25H2,1H3,(H,37,40)/b4-3-,7-6-,10-9-,13-12-,16-15-,19-18-/t26-,27-,29-,30-,31+,32+,33-,34-,35+,36-/m1/s1. The molecule has 2 aliphatic rings. The predicted octanol–water partition coefficient (Wildman–Crippen LogP) is 1.22. The van der Waals surface area contributed by atoms with Crippen molar-refractivity contribution >= 4 is 5.91 Å². The van der Waals surface area contributed by atoms with Crippen LogP contribution in [0.25, 0.3) is 0 Å². The summed E-state index contributed by atoms with van der Waals surface area (Å²) >= 11 is 0. The zero-order valence-electron chi connectivity index (χ0n) is 28.4. The number of ether oxygens (including phenoxy) is 4. The van der Waals surface area contributed by atoms with Crippen LogP contribution < -0.4 is 5.32 Å². The molecule has 2 fully saturated rings. The van der Waals surface area contributed by atoms with E-state index in [9.17, 15) is 40.5 Å². The largest absolute Gasteiger partial charge is 0.394 e. The lowest BCUT2D eigenvalue weighted by Crippen LogP contribution is -2.64. The molecule has 13 heteroatoms. The summed E-state index contributed by atoms with van der Waals surface area (Å²) in [5, 5.41) is 73.1. The molecular formula is C36H57NO12. The zero-order chi connectivity index (χ0) is 35.9. The van der Waals surface area contributed by atoms with Gasteiger partial charge >= 0.3 is 0 Å². The van der Waals surface area contributed by atoms with E-state index in [-0.39, 0.29) is 25.5 Å². The Bertz CT molecular complexity index is 1070. The van der Waals surface area contributed by atoms with Gasteiger partial charge in [-0.05, 0) is 44.9 Å². The second-order valence-corrected chi connectivity index (χ2v) is 11.7. The number of aliphatic hydroxyl groups is 7. The molecule has 10 atom stereocenters. The summed E-state index contributed by atoms with van der Waals surface area (Å²) in [7, 11) is 0. The quantitative estimate of drug-likeness (QED) is 0.0595. The lowest BCUT2D eigenvalue weighted by Gasteiger charge is -2.45. The summed E-state index contributed by atoms with van der Waals surface area (Å²) in [5.74, 6) is -0.203. The summed E-state index contributed by atoms with van der Waals surface area (Å²) in [5.41, 5.74) is 0.